The number of aryl methyl sites for hydroxylation is 1. The number of hydrogen-bond donors (Lipinski definition) is 0. The van der Waals surface area contributed by atoms with Gasteiger partial charge in [0.05, 0.1) is 25.6 Å². The SMILES string of the molecule is Cc1cc(N2CCC(COc3cccc([C@@H](CP(C)(C)=O)C4CC4)c3)CC2)c(F)cn1. The van der Waals surface area contributed by atoms with Crippen LogP contribution in [0.2, 0.25) is 0 Å². The van der Waals surface area contributed by atoms with Crippen molar-refractivity contribution in [3.05, 3.63) is 53.6 Å². The molecule has 1 atom stereocenters. The topological polar surface area (TPSA) is 42.4 Å². The third-order valence-electron chi connectivity index (χ3n) is 6.53. The molecule has 0 spiro atoms. The lowest BCUT2D eigenvalue weighted by molar-refractivity contribution is 0.222. The van der Waals surface area contributed by atoms with Crippen LogP contribution in [0.15, 0.2) is 36.5 Å². The number of rotatable bonds is 8. The molecule has 0 N–H and O–H groups in total. The van der Waals surface area contributed by atoms with Crippen LogP contribution in [0.25, 0.3) is 0 Å². The number of ether oxygens (including phenoxy) is 1. The van der Waals surface area contributed by atoms with Crippen molar-refractivity contribution in [2.75, 3.05) is 44.1 Å². The summed E-state index contributed by atoms with van der Waals surface area (Å²) in [4.78, 5) is 6.15. The van der Waals surface area contributed by atoms with Gasteiger partial charge in [0.2, 0.25) is 0 Å². The Hall–Kier alpha value is -1.87. The van der Waals surface area contributed by atoms with Crippen LogP contribution in [0, 0.1) is 24.6 Å². The largest absolute Gasteiger partial charge is 0.493 e. The maximum absolute atomic E-state index is 14.1. The third kappa shape index (κ3) is 6.10. The molecule has 1 saturated heterocycles. The van der Waals surface area contributed by atoms with E-state index in [1.807, 2.05) is 32.4 Å². The van der Waals surface area contributed by atoms with Gasteiger partial charge in [0.15, 0.2) is 5.82 Å². The number of nitrogens with zero attached hydrogens (tertiary/aromatic N) is 2. The molecule has 0 bridgehead atoms. The zero-order valence-electron chi connectivity index (χ0n) is 18.9. The molecule has 4 rings (SSSR count). The summed E-state index contributed by atoms with van der Waals surface area (Å²) < 4.78 is 32.8. The van der Waals surface area contributed by atoms with Crippen LogP contribution in [0.1, 0.15) is 42.9 Å². The van der Waals surface area contributed by atoms with Gasteiger partial charge in [-0.15, -0.1) is 0 Å². The first-order chi connectivity index (χ1) is 14.8. The fourth-order valence-electron chi connectivity index (χ4n) is 4.66. The van der Waals surface area contributed by atoms with Gasteiger partial charge in [-0.05, 0) is 87.5 Å². The quantitative estimate of drug-likeness (QED) is 0.473. The Morgan fingerprint density at radius 2 is 1.94 bits per heavy atom. The minimum atomic E-state index is -2.07. The number of hydrogen-bond acceptors (Lipinski definition) is 4. The van der Waals surface area contributed by atoms with Crippen molar-refractivity contribution < 1.29 is 13.7 Å². The van der Waals surface area contributed by atoms with Crippen molar-refractivity contribution in [2.24, 2.45) is 11.8 Å². The average molecular weight is 445 g/mol. The van der Waals surface area contributed by atoms with Gasteiger partial charge in [0.1, 0.15) is 5.75 Å². The van der Waals surface area contributed by atoms with Gasteiger partial charge < -0.3 is 14.2 Å². The fraction of sp³-hybridized carbons (Fsp3) is 0.560. The van der Waals surface area contributed by atoms with E-state index in [-0.39, 0.29) is 5.82 Å². The minimum Gasteiger partial charge on any atom is -0.493 e. The summed E-state index contributed by atoms with van der Waals surface area (Å²) in [6.07, 6.45) is 6.56. The van der Waals surface area contributed by atoms with E-state index >= 15 is 0 Å². The molecule has 4 nitrogen and oxygen atoms in total. The highest BCUT2D eigenvalue weighted by Gasteiger charge is 2.34. The van der Waals surface area contributed by atoms with Crippen molar-refractivity contribution in [1.29, 1.82) is 0 Å². The molecule has 2 aliphatic rings. The first kappa shape index (κ1) is 22.3. The fourth-order valence-corrected chi connectivity index (χ4v) is 6.12. The van der Waals surface area contributed by atoms with Gasteiger partial charge >= 0.3 is 0 Å². The van der Waals surface area contributed by atoms with Gasteiger partial charge in [-0.1, -0.05) is 12.1 Å². The Kier molecular flexibility index (Phi) is 6.71. The molecule has 1 aromatic carbocycles. The number of piperidine rings is 1. The summed E-state index contributed by atoms with van der Waals surface area (Å²) in [5.41, 5.74) is 2.77. The Labute approximate surface area is 185 Å². The Bertz CT molecular complexity index is 948. The number of aromatic nitrogens is 1. The van der Waals surface area contributed by atoms with Crippen LogP contribution in [-0.2, 0) is 4.57 Å². The van der Waals surface area contributed by atoms with Crippen LogP contribution in [0.4, 0.5) is 10.1 Å². The average Bonchev–Trinajstić information content (AvgIpc) is 3.58. The Morgan fingerprint density at radius 3 is 2.61 bits per heavy atom. The van der Waals surface area contributed by atoms with E-state index in [1.165, 1.54) is 24.6 Å². The normalized spacial score (nSPS) is 18.8. The lowest BCUT2D eigenvalue weighted by Gasteiger charge is -2.33. The van der Waals surface area contributed by atoms with E-state index in [9.17, 15) is 8.96 Å². The van der Waals surface area contributed by atoms with Gasteiger partial charge in [-0.2, -0.15) is 0 Å². The molecular weight excluding hydrogens is 410 g/mol. The summed E-state index contributed by atoms with van der Waals surface area (Å²) in [5, 5.41) is 0. The molecular formula is C25H34FN2O2P. The van der Waals surface area contributed by atoms with Crippen molar-refractivity contribution in [3.63, 3.8) is 0 Å². The summed E-state index contributed by atoms with van der Waals surface area (Å²) in [7, 11) is -2.07. The van der Waals surface area contributed by atoms with Crippen LogP contribution in [0.3, 0.4) is 0 Å². The van der Waals surface area contributed by atoms with E-state index < -0.39 is 7.14 Å². The highest BCUT2D eigenvalue weighted by atomic mass is 31.2. The molecule has 31 heavy (non-hydrogen) atoms. The predicted octanol–water partition coefficient (Wildman–Crippen LogP) is 5.94. The molecule has 0 amide bonds. The zero-order chi connectivity index (χ0) is 22.0. The van der Waals surface area contributed by atoms with Gasteiger partial charge in [-0.25, -0.2) is 4.39 Å². The second kappa shape index (κ2) is 9.32. The molecule has 1 saturated carbocycles. The summed E-state index contributed by atoms with van der Waals surface area (Å²) in [5.74, 6) is 2.18. The molecule has 6 heteroatoms. The lowest BCUT2D eigenvalue weighted by atomic mass is 9.95. The molecule has 2 heterocycles. The summed E-state index contributed by atoms with van der Waals surface area (Å²) in [6.45, 7) is 8.04. The molecule has 0 radical (unpaired) electrons. The van der Waals surface area contributed by atoms with Gasteiger partial charge in [-0.3, -0.25) is 4.98 Å². The zero-order valence-corrected chi connectivity index (χ0v) is 19.8. The van der Waals surface area contributed by atoms with Crippen LogP contribution < -0.4 is 9.64 Å². The lowest BCUT2D eigenvalue weighted by Crippen LogP contribution is -2.36. The third-order valence-corrected chi connectivity index (χ3v) is 7.80. The number of halogens is 1. The first-order valence-electron chi connectivity index (χ1n) is 11.4. The van der Waals surface area contributed by atoms with Gasteiger partial charge in [0.25, 0.3) is 0 Å². The molecule has 2 aromatic rings. The van der Waals surface area contributed by atoms with Gasteiger partial charge in [0, 0.05) is 24.9 Å². The summed E-state index contributed by atoms with van der Waals surface area (Å²) in [6, 6.07) is 10.2. The van der Waals surface area contributed by atoms with Crippen LogP contribution in [-0.4, -0.2) is 44.2 Å². The van der Waals surface area contributed by atoms with E-state index in [4.69, 9.17) is 4.74 Å². The summed E-state index contributed by atoms with van der Waals surface area (Å²) >= 11 is 0. The maximum atomic E-state index is 14.1. The predicted molar refractivity (Wildman–Crippen MR) is 126 cm³/mol. The minimum absolute atomic E-state index is 0.244. The second-order valence-electron chi connectivity index (χ2n) is 9.79. The second-order valence-corrected chi connectivity index (χ2v) is 13.3. The van der Waals surface area contributed by atoms with Crippen molar-refractivity contribution in [3.8, 4) is 5.75 Å². The van der Waals surface area contributed by atoms with Crippen molar-refractivity contribution in [1.82, 2.24) is 4.98 Å². The monoisotopic (exact) mass is 444 g/mol. The number of benzene rings is 1. The molecule has 168 valence electrons. The first-order valence-corrected chi connectivity index (χ1v) is 14.2. The standard InChI is InChI=1S/C25H34FN2O2P/c1-18-13-25(24(26)15-27-18)28-11-9-19(10-12-28)16-30-22-6-4-5-21(14-22)23(20-7-8-20)17-31(2,3)29/h4-6,13-15,19-20,23H,7-12,16-17H2,1-3H3/t23-/m0/s1. The molecule has 1 aliphatic carbocycles. The van der Waals surface area contributed by atoms with E-state index in [0.717, 1.165) is 43.5 Å². The molecule has 1 aromatic heterocycles. The Balaban J connectivity index is 1.32. The molecule has 2 fully saturated rings. The van der Waals surface area contributed by atoms with E-state index in [0.29, 0.717) is 30.0 Å². The smallest absolute Gasteiger partial charge is 0.164 e. The van der Waals surface area contributed by atoms with Crippen LogP contribution >= 0.6 is 7.14 Å². The number of pyridine rings is 1. The van der Waals surface area contributed by atoms with Crippen molar-refractivity contribution >= 4 is 12.8 Å². The molecule has 0 unspecified atom stereocenters. The maximum Gasteiger partial charge on any atom is 0.164 e. The van der Waals surface area contributed by atoms with Crippen LogP contribution in [0.5, 0.6) is 5.75 Å². The van der Waals surface area contributed by atoms with E-state index in [2.05, 4.69) is 28.1 Å². The van der Waals surface area contributed by atoms with E-state index in [1.54, 1.807) is 0 Å². The molecule has 1 aliphatic heterocycles. The highest BCUT2D eigenvalue weighted by Crippen LogP contribution is 2.51. The highest BCUT2D eigenvalue weighted by molar-refractivity contribution is 7.62. The van der Waals surface area contributed by atoms with Crippen molar-refractivity contribution in [2.45, 2.75) is 38.5 Å². The number of anilines is 1. The Morgan fingerprint density at radius 1 is 1.19 bits per heavy atom.